The number of piperidine rings is 1. The van der Waals surface area contributed by atoms with Gasteiger partial charge in [0.25, 0.3) is 0 Å². The number of hydrogen-bond donors (Lipinski definition) is 1. The zero-order chi connectivity index (χ0) is 25.6. The lowest BCUT2D eigenvalue weighted by atomic mass is 9.95. The first kappa shape index (κ1) is 24.7. The van der Waals surface area contributed by atoms with Gasteiger partial charge in [-0.2, -0.15) is 10.4 Å². The number of amides is 1. The third-order valence-electron chi connectivity index (χ3n) is 7.55. The monoisotopic (exact) mass is 558 g/mol. The van der Waals surface area contributed by atoms with Crippen molar-refractivity contribution in [1.82, 2.24) is 24.6 Å². The number of aromatic nitrogens is 3. The van der Waals surface area contributed by atoms with Crippen molar-refractivity contribution in [1.29, 1.82) is 5.26 Å². The Balaban J connectivity index is 1.61. The molecule has 0 aliphatic carbocycles. The fourth-order valence-corrected chi connectivity index (χ4v) is 5.84. The zero-order valence-electron chi connectivity index (χ0n) is 20.2. The minimum absolute atomic E-state index is 0.105. The lowest BCUT2D eigenvalue weighted by molar-refractivity contribution is 0.0915. The molecule has 190 valence electrons. The van der Waals surface area contributed by atoms with Crippen molar-refractivity contribution in [2.75, 3.05) is 26.7 Å². The molecule has 0 saturated carbocycles. The molecule has 3 atom stereocenters. The standard InChI is InChI=1S/C25H28BrFN6O3/c1-14-10-18-22(21(27)20(14)26)30-24(36-13-17-4-3-8-31(17)2)19-12-29-33(23(18)19)16-6-9-32(25(34)35)15(11-16)5-7-28/h10,12,15-17H,3-6,8-9,11,13H2,1-2H3,(H,34,35)/t15-,16+,17+/m1/s1. The first-order chi connectivity index (χ1) is 17.3. The molecule has 5 rings (SSSR count). The van der Waals surface area contributed by atoms with E-state index in [2.05, 4.69) is 44.0 Å². The molecule has 0 radical (unpaired) electrons. The Kier molecular flexibility index (Phi) is 6.74. The maximum absolute atomic E-state index is 15.4. The number of nitriles is 1. The minimum atomic E-state index is -1.02. The first-order valence-electron chi connectivity index (χ1n) is 12.1. The molecule has 0 bridgehead atoms. The van der Waals surface area contributed by atoms with Crippen molar-refractivity contribution < 1.29 is 19.0 Å². The van der Waals surface area contributed by atoms with Gasteiger partial charge < -0.3 is 19.6 Å². The van der Waals surface area contributed by atoms with Gasteiger partial charge in [0.05, 0.1) is 46.1 Å². The molecule has 2 fully saturated rings. The van der Waals surface area contributed by atoms with Crippen molar-refractivity contribution >= 4 is 43.8 Å². The van der Waals surface area contributed by atoms with Crippen LogP contribution in [-0.2, 0) is 0 Å². The second-order valence-corrected chi connectivity index (χ2v) is 10.5. The molecule has 2 aromatic heterocycles. The minimum Gasteiger partial charge on any atom is -0.475 e. The largest absolute Gasteiger partial charge is 0.475 e. The number of rotatable bonds is 5. The Hall–Kier alpha value is -2.97. The molecule has 1 N–H and O–H groups in total. The van der Waals surface area contributed by atoms with Gasteiger partial charge >= 0.3 is 6.09 Å². The van der Waals surface area contributed by atoms with E-state index in [1.165, 1.54) is 4.90 Å². The highest BCUT2D eigenvalue weighted by molar-refractivity contribution is 9.10. The number of nitrogens with zero attached hydrogens (tertiary/aromatic N) is 6. The number of carbonyl (C=O) groups is 1. The lowest BCUT2D eigenvalue weighted by Crippen LogP contribution is -2.45. The second kappa shape index (κ2) is 9.82. The number of halogens is 2. The van der Waals surface area contributed by atoms with Crippen molar-refractivity contribution in [3.63, 3.8) is 0 Å². The third-order valence-corrected chi connectivity index (χ3v) is 8.52. The number of ether oxygens (including phenoxy) is 1. The van der Waals surface area contributed by atoms with Crippen LogP contribution in [0.2, 0.25) is 0 Å². The van der Waals surface area contributed by atoms with Crippen LogP contribution in [0, 0.1) is 24.1 Å². The highest BCUT2D eigenvalue weighted by atomic mass is 79.9. The van der Waals surface area contributed by atoms with Crippen LogP contribution in [0.15, 0.2) is 16.7 Å². The Labute approximate surface area is 216 Å². The molecule has 0 spiro atoms. The summed E-state index contributed by atoms with van der Waals surface area (Å²) in [5, 5.41) is 24.8. The summed E-state index contributed by atoms with van der Waals surface area (Å²) in [6.45, 7) is 3.60. The van der Waals surface area contributed by atoms with Gasteiger partial charge in [-0.3, -0.25) is 4.68 Å². The van der Waals surface area contributed by atoms with Crippen LogP contribution in [0.25, 0.3) is 21.8 Å². The average Bonchev–Trinajstić information content (AvgIpc) is 3.48. The number of fused-ring (bicyclic) bond motifs is 3. The molecule has 1 aromatic carbocycles. The molecule has 1 amide bonds. The number of likely N-dealkylation sites (N-methyl/N-ethyl adjacent to an activating group) is 1. The van der Waals surface area contributed by atoms with E-state index in [9.17, 15) is 15.2 Å². The van der Waals surface area contributed by atoms with E-state index in [1.807, 2.05) is 17.7 Å². The van der Waals surface area contributed by atoms with E-state index in [4.69, 9.17) is 4.74 Å². The predicted molar refractivity (Wildman–Crippen MR) is 136 cm³/mol. The molecule has 0 unspecified atom stereocenters. The SMILES string of the molecule is Cc1cc2c(nc(OC[C@@H]3CCCN3C)c3cnn([C@H]4CCN(C(=O)O)[C@H](CC#N)C4)c32)c(F)c1Br. The summed E-state index contributed by atoms with van der Waals surface area (Å²) in [5.74, 6) is -0.110. The Morgan fingerprint density at radius 3 is 2.83 bits per heavy atom. The third kappa shape index (κ3) is 4.26. The van der Waals surface area contributed by atoms with Crippen LogP contribution in [0.1, 0.15) is 43.7 Å². The smallest absolute Gasteiger partial charge is 0.407 e. The van der Waals surface area contributed by atoms with E-state index in [0.29, 0.717) is 52.6 Å². The van der Waals surface area contributed by atoms with Gasteiger partial charge in [0.2, 0.25) is 5.88 Å². The summed E-state index contributed by atoms with van der Waals surface area (Å²) in [6, 6.07) is 3.69. The molecule has 11 heteroatoms. The number of hydrogen-bond acceptors (Lipinski definition) is 6. The summed E-state index contributed by atoms with van der Waals surface area (Å²) in [7, 11) is 2.07. The Bertz CT molecular complexity index is 1370. The fourth-order valence-electron chi connectivity index (χ4n) is 5.54. The van der Waals surface area contributed by atoms with E-state index >= 15 is 4.39 Å². The van der Waals surface area contributed by atoms with Gasteiger partial charge in [-0.05, 0) is 73.8 Å². The molecule has 2 saturated heterocycles. The van der Waals surface area contributed by atoms with Gasteiger partial charge in [-0.25, -0.2) is 14.2 Å². The van der Waals surface area contributed by atoms with E-state index in [-0.39, 0.29) is 24.0 Å². The van der Waals surface area contributed by atoms with Crippen LogP contribution in [0.3, 0.4) is 0 Å². The van der Waals surface area contributed by atoms with Crippen molar-refractivity contribution in [3.05, 3.63) is 28.1 Å². The van der Waals surface area contributed by atoms with E-state index in [1.54, 1.807) is 6.20 Å². The number of benzene rings is 1. The summed E-state index contributed by atoms with van der Waals surface area (Å²) < 4.78 is 23.9. The van der Waals surface area contributed by atoms with E-state index < -0.39 is 18.0 Å². The van der Waals surface area contributed by atoms with Gasteiger partial charge in [0.15, 0.2) is 5.82 Å². The quantitative estimate of drug-likeness (QED) is 0.476. The fraction of sp³-hybridized carbons (Fsp3) is 0.520. The van der Waals surface area contributed by atoms with Crippen LogP contribution in [0.4, 0.5) is 9.18 Å². The number of pyridine rings is 1. The summed E-state index contributed by atoms with van der Waals surface area (Å²) in [4.78, 5) is 19.9. The molecule has 36 heavy (non-hydrogen) atoms. The van der Waals surface area contributed by atoms with Crippen molar-refractivity contribution in [3.8, 4) is 11.9 Å². The maximum Gasteiger partial charge on any atom is 0.407 e. The first-order valence-corrected chi connectivity index (χ1v) is 12.9. The van der Waals surface area contributed by atoms with Crippen molar-refractivity contribution in [2.24, 2.45) is 0 Å². The molecule has 2 aliphatic rings. The van der Waals surface area contributed by atoms with Gasteiger partial charge in [0.1, 0.15) is 12.1 Å². The van der Waals surface area contributed by atoms with Crippen molar-refractivity contribution in [2.45, 2.75) is 57.2 Å². The maximum atomic E-state index is 15.4. The topological polar surface area (TPSA) is 108 Å². The zero-order valence-corrected chi connectivity index (χ0v) is 21.8. The number of aryl methyl sites for hydroxylation is 1. The number of carboxylic acid groups (broad SMARTS) is 1. The Morgan fingerprint density at radius 1 is 1.33 bits per heavy atom. The second-order valence-electron chi connectivity index (χ2n) is 9.74. The average molecular weight is 559 g/mol. The summed E-state index contributed by atoms with van der Waals surface area (Å²) in [5.41, 5.74) is 1.65. The summed E-state index contributed by atoms with van der Waals surface area (Å²) in [6.07, 6.45) is 3.92. The van der Waals surface area contributed by atoms with Crippen LogP contribution in [-0.4, -0.2) is 74.6 Å². The molecule has 3 aromatic rings. The van der Waals surface area contributed by atoms with Gasteiger partial charge in [0, 0.05) is 18.0 Å². The molecule has 4 heterocycles. The normalized spacial score (nSPS) is 22.9. The van der Waals surface area contributed by atoms with Gasteiger partial charge in [-0.15, -0.1) is 0 Å². The van der Waals surface area contributed by atoms with Crippen LogP contribution < -0.4 is 4.74 Å². The van der Waals surface area contributed by atoms with Crippen LogP contribution >= 0.6 is 15.9 Å². The lowest BCUT2D eigenvalue weighted by Gasteiger charge is -2.37. The van der Waals surface area contributed by atoms with Gasteiger partial charge in [-0.1, -0.05) is 0 Å². The molecular formula is C25H28BrFN6O3. The predicted octanol–water partition coefficient (Wildman–Crippen LogP) is 4.86. The molecule has 2 aliphatic heterocycles. The number of likely N-dealkylation sites (tertiary alicyclic amines) is 2. The summed E-state index contributed by atoms with van der Waals surface area (Å²) >= 11 is 3.34. The molecular weight excluding hydrogens is 531 g/mol. The highest BCUT2D eigenvalue weighted by Crippen LogP contribution is 2.39. The van der Waals surface area contributed by atoms with E-state index in [0.717, 1.165) is 24.9 Å². The van der Waals surface area contributed by atoms with Crippen LogP contribution in [0.5, 0.6) is 5.88 Å². The molecule has 9 nitrogen and oxygen atoms in total. The highest BCUT2D eigenvalue weighted by Gasteiger charge is 2.34. The Morgan fingerprint density at radius 2 is 2.14 bits per heavy atom.